The molecule has 102 valence electrons. The van der Waals surface area contributed by atoms with Crippen molar-refractivity contribution in [3.63, 3.8) is 0 Å². The molecular weight excluding hydrogens is 244 g/mol. The summed E-state index contributed by atoms with van der Waals surface area (Å²) in [6.07, 6.45) is 0. The molecule has 5 nitrogen and oxygen atoms in total. The van der Waals surface area contributed by atoms with E-state index in [0.717, 1.165) is 13.1 Å². The van der Waals surface area contributed by atoms with Gasteiger partial charge in [-0.15, -0.1) is 0 Å². The van der Waals surface area contributed by atoms with Crippen molar-refractivity contribution in [2.45, 2.75) is 18.7 Å². The number of benzene rings is 1. The first-order chi connectivity index (χ1) is 9.27. The summed E-state index contributed by atoms with van der Waals surface area (Å²) in [5, 5.41) is 12.5. The Bertz CT molecular complexity index is 478. The maximum Gasteiger partial charge on any atom is 0.322 e. The van der Waals surface area contributed by atoms with Crippen molar-refractivity contribution in [2.24, 2.45) is 0 Å². The summed E-state index contributed by atoms with van der Waals surface area (Å²) in [6, 6.07) is 7.72. The van der Waals surface area contributed by atoms with Crippen LogP contribution in [0.5, 0.6) is 0 Å². The van der Waals surface area contributed by atoms with Gasteiger partial charge in [-0.05, 0) is 11.1 Å². The van der Waals surface area contributed by atoms with E-state index in [4.69, 9.17) is 4.74 Å². The predicted octanol–water partition coefficient (Wildman–Crippen LogP) is 0.616. The number of carboxylic acids is 1. The van der Waals surface area contributed by atoms with Gasteiger partial charge in [0, 0.05) is 19.6 Å². The van der Waals surface area contributed by atoms with Crippen LogP contribution in [0.1, 0.15) is 17.2 Å². The van der Waals surface area contributed by atoms with E-state index in [9.17, 15) is 9.90 Å². The summed E-state index contributed by atoms with van der Waals surface area (Å²) in [6.45, 7) is 3.24. The molecule has 0 aromatic heterocycles. The number of piperazine rings is 1. The molecule has 1 aromatic rings. The summed E-state index contributed by atoms with van der Waals surface area (Å²) in [5.41, 5.74) is 2.38. The summed E-state index contributed by atoms with van der Waals surface area (Å²) >= 11 is 0. The molecule has 1 saturated heterocycles. The highest BCUT2D eigenvalue weighted by Crippen LogP contribution is 2.31. The molecule has 0 radical (unpaired) electrons. The minimum Gasteiger partial charge on any atom is -0.480 e. The average Bonchev–Trinajstić information content (AvgIpc) is 2.46. The Morgan fingerprint density at radius 3 is 3.11 bits per heavy atom. The third-order valence-corrected chi connectivity index (χ3v) is 3.92. The molecule has 2 aliphatic heterocycles. The smallest absolute Gasteiger partial charge is 0.322 e. The molecule has 0 saturated carbocycles. The maximum absolute atomic E-state index is 11.4. The number of hydrogen-bond acceptors (Lipinski definition) is 4. The number of rotatable bonds is 2. The molecule has 2 unspecified atom stereocenters. The van der Waals surface area contributed by atoms with E-state index < -0.39 is 12.0 Å². The second-order valence-corrected chi connectivity index (χ2v) is 5.03. The molecule has 19 heavy (non-hydrogen) atoms. The fourth-order valence-corrected chi connectivity index (χ4v) is 2.96. The summed E-state index contributed by atoms with van der Waals surface area (Å²) in [7, 11) is 0. The van der Waals surface area contributed by atoms with Crippen LogP contribution in [0.2, 0.25) is 0 Å². The van der Waals surface area contributed by atoms with Gasteiger partial charge in [0.05, 0.1) is 19.3 Å². The first-order valence-corrected chi connectivity index (χ1v) is 6.62. The normalized spacial score (nSPS) is 27.8. The monoisotopic (exact) mass is 262 g/mol. The van der Waals surface area contributed by atoms with E-state index in [0.29, 0.717) is 19.8 Å². The van der Waals surface area contributed by atoms with E-state index >= 15 is 0 Å². The lowest BCUT2D eigenvalue weighted by Crippen LogP contribution is -2.57. The number of hydrogen-bond donors (Lipinski definition) is 2. The number of nitrogens with zero attached hydrogens (tertiary/aromatic N) is 1. The van der Waals surface area contributed by atoms with Crippen LogP contribution in [0.3, 0.4) is 0 Å². The van der Waals surface area contributed by atoms with Gasteiger partial charge in [0.2, 0.25) is 0 Å². The Morgan fingerprint density at radius 1 is 1.42 bits per heavy atom. The summed E-state index contributed by atoms with van der Waals surface area (Å²) in [4.78, 5) is 13.4. The van der Waals surface area contributed by atoms with Gasteiger partial charge in [0.1, 0.15) is 6.04 Å². The van der Waals surface area contributed by atoms with Crippen LogP contribution >= 0.6 is 0 Å². The molecule has 3 rings (SSSR count). The molecule has 2 atom stereocenters. The van der Waals surface area contributed by atoms with Crippen LogP contribution in [0.25, 0.3) is 0 Å². The van der Waals surface area contributed by atoms with E-state index in [2.05, 4.69) is 22.3 Å². The topological polar surface area (TPSA) is 61.8 Å². The number of fused-ring (bicyclic) bond motifs is 1. The van der Waals surface area contributed by atoms with E-state index in [1.54, 1.807) is 0 Å². The molecule has 5 heteroatoms. The number of nitrogens with one attached hydrogen (secondary N) is 1. The minimum atomic E-state index is -0.768. The van der Waals surface area contributed by atoms with E-state index in [1.807, 2.05) is 12.1 Å². The molecule has 2 N–H and O–H groups in total. The van der Waals surface area contributed by atoms with Gasteiger partial charge in [-0.25, -0.2) is 0 Å². The minimum absolute atomic E-state index is 0.0492. The third-order valence-electron chi connectivity index (χ3n) is 3.92. The number of ether oxygens (including phenoxy) is 1. The highest BCUT2D eigenvalue weighted by molar-refractivity contribution is 5.74. The van der Waals surface area contributed by atoms with Gasteiger partial charge in [0.15, 0.2) is 0 Å². The zero-order chi connectivity index (χ0) is 13.2. The van der Waals surface area contributed by atoms with E-state index in [1.165, 1.54) is 11.1 Å². The van der Waals surface area contributed by atoms with Crippen molar-refractivity contribution in [1.29, 1.82) is 0 Å². The van der Waals surface area contributed by atoms with Crippen molar-refractivity contribution in [1.82, 2.24) is 10.2 Å². The Morgan fingerprint density at radius 2 is 2.26 bits per heavy atom. The Labute approximate surface area is 112 Å². The Hall–Kier alpha value is -1.43. The zero-order valence-electron chi connectivity index (χ0n) is 10.7. The first kappa shape index (κ1) is 12.6. The fourth-order valence-electron chi connectivity index (χ4n) is 2.96. The molecule has 0 bridgehead atoms. The zero-order valence-corrected chi connectivity index (χ0v) is 10.7. The van der Waals surface area contributed by atoms with Gasteiger partial charge in [-0.2, -0.15) is 0 Å². The molecule has 0 amide bonds. The van der Waals surface area contributed by atoms with Crippen molar-refractivity contribution >= 4 is 5.97 Å². The van der Waals surface area contributed by atoms with Gasteiger partial charge in [-0.1, -0.05) is 24.3 Å². The highest BCUT2D eigenvalue weighted by atomic mass is 16.5. The molecule has 1 fully saturated rings. The van der Waals surface area contributed by atoms with Gasteiger partial charge in [0.25, 0.3) is 0 Å². The quantitative estimate of drug-likeness (QED) is 0.818. The van der Waals surface area contributed by atoms with Gasteiger partial charge >= 0.3 is 5.97 Å². The highest BCUT2D eigenvalue weighted by Gasteiger charge is 2.36. The van der Waals surface area contributed by atoms with Gasteiger partial charge < -0.3 is 15.2 Å². The van der Waals surface area contributed by atoms with Crippen LogP contribution in [0, 0.1) is 0 Å². The number of carboxylic acid groups (broad SMARTS) is 1. The molecule has 0 spiro atoms. The van der Waals surface area contributed by atoms with Crippen molar-refractivity contribution < 1.29 is 14.6 Å². The van der Waals surface area contributed by atoms with Crippen LogP contribution in [0.15, 0.2) is 24.3 Å². The van der Waals surface area contributed by atoms with Crippen LogP contribution in [0.4, 0.5) is 0 Å². The lowest BCUT2D eigenvalue weighted by molar-refractivity contribution is -0.146. The second kappa shape index (κ2) is 5.28. The SMILES string of the molecule is O=C(O)C1CNCCN1C1COCc2ccccc21. The molecule has 2 aliphatic rings. The van der Waals surface area contributed by atoms with Crippen LogP contribution in [-0.4, -0.2) is 48.3 Å². The predicted molar refractivity (Wildman–Crippen MR) is 69.8 cm³/mol. The van der Waals surface area contributed by atoms with Gasteiger partial charge in [-0.3, -0.25) is 9.69 Å². The van der Waals surface area contributed by atoms with Crippen molar-refractivity contribution in [3.8, 4) is 0 Å². The van der Waals surface area contributed by atoms with Crippen molar-refractivity contribution in [2.75, 3.05) is 26.2 Å². The third kappa shape index (κ3) is 2.36. The first-order valence-electron chi connectivity index (χ1n) is 6.62. The lowest BCUT2D eigenvalue weighted by Gasteiger charge is -2.41. The molecule has 1 aromatic carbocycles. The standard InChI is InChI=1S/C14H18N2O3/c17-14(18)12-7-15-5-6-16(12)13-9-19-8-10-3-1-2-4-11(10)13/h1-4,12-13,15H,5-9H2,(H,17,18). The molecule has 0 aliphatic carbocycles. The number of aliphatic carboxylic acids is 1. The largest absolute Gasteiger partial charge is 0.480 e. The van der Waals surface area contributed by atoms with Crippen molar-refractivity contribution in [3.05, 3.63) is 35.4 Å². The molecule has 2 heterocycles. The fraction of sp³-hybridized carbons (Fsp3) is 0.500. The second-order valence-electron chi connectivity index (χ2n) is 5.03. The van der Waals surface area contributed by atoms with Crippen LogP contribution in [-0.2, 0) is 16.1 Å². The molecular formula is C14H18N2O3. The summed E-state index contributed by atoms with van der Waals surface area (Å²) < 4.78 is 5.63. The summed E-state index contributed by atoms with van der Waals surface area (Å²) in [5.74, 6) is -0.768. The average molecular weight is 262 g/mol. The van der Waals surface area contributed by atoms with Crippen LogP contribution < -0.4 is 5.32 Å². The number of carbonyl (C=O) groups is 1. The Balaban J connectivity index is 1.91. The van der Waals surface area contributed by atoms with E-state index in [-0.39, 0.29) is 6.04 Å². The maximum atomic E-state index is 11.4. The lowest BCUT2D eigenvalue weighted by atomic mass is 9.96. The Kier molecular flexibility index (Phi) is 3.50.